The number of hydrogen-bond donors (Lipinski definition) is 1. The Kier molecular flexibility index (Phi) is 5.90. The Morgan fingerprint density at radius 1 is 1.26 bits per heavy atom. The molecule has 0 atom stereocenters. The van der Waals surface area contributed by atoms with Crippen molar-refractivity contribution in [2.75, 3.05) is 6.61 Å². The second-order valence-corrected chi connectivity index (χ2v) is 7.61. The molecule has 1 fully saturated rings. The molecule has 5 nitrogen and oxygen atoms in total. The number of benzene rings is 1. The van der Waals surface area contributed by atoms with E-state index in [1.165, 1.54) is 12.8 Å². The third kappa shape index (κ3) is 4.19. The standard InChI is InChI=1S/C20H25N3O2.C2H6/c1-20(2,22-9-8-21-14-22)13-25-18-5-3-4-16-10-17(12-24)23(19(16)18)11-15-6-7-15;1-2/h3-5,8-10,14-15,24H,6-7,11-13H2,1-2H3;1-2H3. The maximum atomic E-state index is 9.76. The smallest absolute Gasteiger partial charge is 0.143 e. The second-order valence-electron chi connectivity index (χ2n) is 7.61. The van der Waals surface area contributed by atoms with Crippen molar-refractivity contribution in [2.24, 2.45) is 5.92 Å². The Labute approximate surface area is 161 Å². The van der Waals surface area contributed by atoms with Crippen LogP contribution in [-0.4, -0.2) is 25.8 Å². The largest absolute Gasteiger partial charge is 0.489 e. The number of aromatic nitrogens is 3. The van der Waals surface area contributed by atoms with Crippen molar-refractivity contribution in [1.29, 1.82) is 0 Å². The third-order valence-electron chi connectivity index (χ3n) is 5.05. The van der Waals surface area contributed by atoms with E-state index in [1.54, 1.807) is 6.20 Å². The lowest BCUT2D eigenvalue weighted by atomic mass is 10.1. The van der Waals surface area contributed by atoms with Gasteiger partial charge in [0, 0.05) is 30.0 Å². The van der Waals surface area contributed by atoms with Gasteiger partial charge in [0.2, 0.25) is 0 Å². The Hall–Kier alpha value is -2.27. The first kappa shape index (κ1) is 19.5. The van der Waals surface area contributed by atoms with E-state index in [0.717, 1.165) is 34.8 Å². The third-order valence-corrected chi connectivity index (χ3v) is 5.05. The number of fused-ring (bicyclic) bond motifs is 1. The Balaban J connectivity index is 0.00000102. The molecule has 0 aliphatic heterocycles. The van der Waals surface area contributed by atoms with Gasteiger partial charge in [-0.15, -0.1) is 0 Å². The molecule has 1 aromatic carbocycles. The molecule has 0 bridgehead atoms. The fourth-order valence-electron chi connectivity index (χ4n) is 3.31. The summed E-state index contributed by atoms with van der Waals surface area (Å²) >= 11 is 0. The van der Waals surface area contributed by atoms with Crippen LogP contribution in [0.5, 0.6) is 5.75 Å². The molecule has 1 aliphatic rings. The summed E-state index contributed by atoms with van der Waals surface area (Å²) in [5.41, 5.74) is 1.87. The first-order valence-electron chi connectivity index (χ1n) is 9.92. The fraction of sp³-hybridized carbons (Fsp3) is 0.500. The summed E-state index contributed by atoms with van der Waals surface area (Å²) in [6.07, 6.45) is 8.13. The predicted octanol–water partition coefficient (Wildman–Crippen LogP) is 4.58. The number of rotatable bonds is 7. The minimum Gasteiger partial charge on any atom is -0.489 e. The number of aliphatic hydroxyl groups excluding tert-OH is 1. The van der Waals surface area contributed by atoms with Gasteiger partial charge in [0.1, 0.15) is 12.4 Å². The van der Waals surface area contributed by atoms with Gasteiger partial charge in [0.05, 0.1) is 24.0 Å². The normalized spacial score (nSPS) is 14.1. The zero-order chi connectivity index (χ0) is 19.4. The van der Waals surface area contributed by atoms with E-state index < -0.39 is 0 Å². The predicted molar refractivity (Wildman–Crippen MR) is 109 cm³/mol. The Bertz CT molecular complexity index is 861. The first-order chi connectivity index (χ1) is 13.1. The maximum Gasteiger partial charge on any atom is 0.143 e. The monoisotopic (exact) mass is 369 g/mol. The van der Waals surface area contributed by atoms with Crippen LogP contribution in [0.3, 0.4) is 0 Å². The van der Waals surface area contributed by atoms with E-state index in [2.05, 4.69) is 40.1 Å². The molecular weight excluding hydrogens is 338 g/mol. The molecule has 0 saturated heterocycles. The summed E-state index contributed by atoms with van der Waals surface area (Å²) in [6, 6.07) is 8.21. The zero-order valence-electron chi connectivity index (χ0n) is 16.9. The number of nitrogens with zero attached hydrogens (tertiary/aromatic N) is 3. The lowest BCUT2D eigenvalue weighted by Crippen LogP contribution is -2.32. The summed E-state index contributed by atoms with van der Waals surface area (Å²) in [5, 5.41) is 10.9. The molecule has 5 heteroatoms. The van der Waals surface area contributed by atoms with Crippen LogP contribution < -0.4 is 4.74 Å². The maximum absolute atomic E-state index is 9.76. The van der Waals surface area contributed by atoms with E-state index in [1.807, 2.05) is 38.5 Å². The first-order valence-corrected chi connectivity index (χ1v) is 9.92. The van der Waals surface area contributed by atoms with E-state index >= 15 is 0 Å². The van der Waals surface area contributed by atoms with Gasteiger partial charge in [-0.3, -0.25) is 0 Å². The van der Waals surface area contributed by atoms with Crippen LogP contribution in [0.2, 0.25) is 0 Å². The Morgan fingerprint density at radius 2 is 2.04 bits per heavy atom. The van der Waals surface area contributed by atoms with Crippen molar-refractivity contribution in [3.05, 3.63) is 48.7 Å². The van der Waals surface area contributed by atoms with Crippen molar-refractivity contribution < 1.29 is 9.84 Å². The molecule has 2 heterocycles. The SMILES string of the molecule is CC.CC(C)(COc1cccc2cc(CO)n(CC3CC3)c12)n1ccnc1. The van der Waals surface area contributed by atoms with Crippen LogP contribution in [0.15, 0.2) is 43.0 Å². The fourth-order valence-corrected chi connectivity index (χ4v) is 3.31. The highest BCUT2D eigenvalue weighted by Crippen LogP contribution is 2.36. The van der Waals surface area contributed by atoms with E-state index in [-0.39, 0.29) is 12.1 Å². The summed E-state index contributed by atoms with van der Waals surface area (Å²) in [5.74, 6) is 1.61. The van der Waals surface area contributed by atoms with Crippen LogP contribution in [0.25, 0.3) is 10.9 Å². The van der Waals surface area contributed by atoms with E-state index in [4.69, 9.17) is 4.74 Å². The van der Waals surface area contributed by atoms with Gasteiger partial charge in [0.25, 0.3) is 0 Å². The average Bonchev–Trinajstić information content (AvgIpc) is 3.19. The van der Waals surface area contributed by atoms with Gasteiger partial charge >= 0.3 is 0 Å². The number of hydrogen-bond acceptors (Lipinski definition) is 3. The van der Waals surface area contributed by atoms with Crippen LogP contribution >= 0.6 is 0 Å². The van der Waals surface area contributed by atoms with Crippen molar-refractivity contribution in [3.63, 3.8) is 0 Å². The topological polar surface area (TPSA) is 52.2 Å². The molecule has 1 N–H and O–H groups in total. The summed E-state index contributed by atoms with van der Waals surface area (Å²) in [6.45, 7) is 9.84. The van der Waals surface area contributed by atoms with Crippen molar-refractivity contribution in [1.82, 2.24) is 14.1 Å². The Morgan fingerprint density at radius 3 is 2.67 bits per heavy atom. The van der Waals surface area contributed by atoms with Crippen molar-refractivity contribution in [3.8, 4) is 5.75 Å². The molecule has 1 aliphatic carbocycles. The summed E-state index contributed by atoms with van der Waals surface area (Å²) in [7, 11) is 0. The molecule has 0 amide bonds. The number of para-hydroxylation sites is 1. The molecule has 27 heavy (non-hydrogen) atoms. The number of aliphatic hydroxyl groups is 1. The minimum absolute atomic E-state index is 0.0569. The number of ether oxygens (including phenoxy) is 1. The second kappa shape index (κ2) is 8.17. The van der Waals surface area contributed by atoms with Gasteiger partial charge < -0.3 is 19.0 Å². The van der Waals surface area contributed by atoms with Gasteiger partial charge in [-0.25, -0.2) is 4.98 Å². The van der Waals surface area contributed by atoms with Crippen LogP contribution in [-0.2, 0) is 18.7 Å². The van der Waals surface area contributed by atoms with Gasteiger partial charge in [-0.05, 0) is 44.7 Å². The average molecular weight is 370 g/mol. The van der Waals surface area contributed by atoms with Gasteiger partial charge in [-0.2, -0.15) is 0 Å². The van der Waals surface area contributed by atoms with Gasteiger partial charge in [0.15, 0.2) is 0 Å². The van der Waals surface area contributed by atoms with Crippen molar-refractivity contribution >= 4 is 10.9 Å². The van der Waals surface area contributed by atoms with Crippen LogP contribution in [0, 0.1) is 5.92 Å². The molecule has 4 rings (SSSR count). The summed E-state index contributed by atoms with van der Waals surface area (Å²) in [4.78, 5) is 4.14. The number of imidazole rings is 1. The van der Waals surface area contributed by atoms with Crippen LogP contribution in [0.4, 0.5) is 0 Å². The molecule has 1 saturated carbocycles. The molecule has 0 radical (unpaired) electrons. The summed E-state index contributed by atoms with van der Waals surface area (Å²) < 4.78 is 10.6. The molecule has 146 valence electrons. The highest BCUT2D eigenvalue weighted by molar-refractivity contribution is 5.87. The molecule has 0 unspecified atom stereocenters. The lowest BCUT2D eigenvalue weighted by molar-refractivity contribution is 0.184. The van der Waals surface area contributed by atoms with Gasteiger partial charge in [-0.1, -0.05) is 26.0 Å². The lowest BCUT2D eigenvalue weighted by Gasteiger charge is -2.26. The quantitative estimate of drug-likeness (QED) is 0.663. The zero-order valence-corrected chi connectivity index (χ0v) is 16.9. The molecule has 0 spiro atoms. The molecular formula is C22H31N3O2. The van der Waals surface area contributed by atoms with E-state index in [0.29, 0.717) is 6.61 Å². The molecule has 2 aromatic heterocycles. The highest BCUT2D eigenvalue weighted by Gasteiger charge is 2.25. The van der Waals surface area contributed by atoms with E-state index in [9.17, 15) is 5.11 Å². The minimum atomic E-state index is -0.188. The van der Waals surface area contributed by atoms with Crippen LogP contribution in [0.1, 0.15) is 46.2 Å². The highest BCUT2D eigenvalue weighted by atomic mass is 16.5. The van der Waals surface area contributed by atoms with Crippen molar-refractivity contribution in [2.45, 2.75) is 59.2 Å². The molecule has 3 aromatic rings.